The predicted molar refractivity (Wildman–Crippen MR) is 125 cm³/mol. The quantitative estimate of drug-likeness (QED) is 0.241. The summed E-state index contributed by atoms with van der Waals surface area (Å²) in [5.41, 5.74) is 7.79. The number of benzene rings is 2. The van der Waals surface area contributed by atoms with Crippen LogP contribution in [0.2, 0.25) is 0 Å². The lowest BCUT2D eigenvalue weighted by atomic mass is 9.97. The maximum Gasteiger partial charge on any atom is 0.221 e. The Morgan fingerprint density at radius 1 is 1.06 bits per heavy atom. The van der Waals surface area contributed by atoms with Crippen LogP contribution in [0.15, 0.2) is 71.4 Å². The van der Waals surface area contributed by atoms with E-state index in [0.717, 1.165) is 5.69 Å². The number of hydrogen-bond donors (Lipinski definition) is 2. The highest BCUT2D eigenvalue weighted by atomic mass is 16.5. The molecular weight excluding hydrogens is 436 g/mol. The number of nitrogens with two attached hydrogens (primary N) is 1. The molecule has 1 amide bonds. The number of imidazole rings is 1. The Kier molecular flexibility index (Phi) is 8.22. The number of aromatic amines is 1. The number of nitrogens with one attached hydrogen (secondary N) is 1. The average molecular weight is 463 g/mol. The number of primary amides is 1. The summed E-state index contributed by atoms with van der Waals surface area (Å²) in [4.78, 5) is 43.5. The number of carbonyl (C=O) groups is 3. The molecule has 0 bridgehead atoms. The van der Waals surface area contributed by atoms with E-state index < -0.39 is 11.8 Å². The number of nitrogens with zero attached hydrogens (tertiary/aromatic N) is 4. The summed E-state index contributed by atoms with van der Waals surface area (Å²) in [6, 6.07) is 13.3. The first-order valence-electron chi connectivity index (χ1n) is 10.6. The van der Waals surface area contributed by atoms with Gasteiger partial charge in [-0.3, -0.25) is 19.4 Å². The molecule has 0 fully saturated rings. The fraction of sp³-hybridized carbons (Fsp3) is 0.250. The van der Waals surface area contributed by atoms with Crippen molar-refractivity contribution in [1.29, 1.82) is 0 Å². The Morgan fingerprint density at radius 2 is 1.71 bits per heavy atom. The molecule has 1 aromatic heterocycles. The molecule has 0 spiro atoms. The second-order valence-corrected chi connectivity index (χ2v) is 7.85. The number of hydrogen-bond acceptors (Lipinski definition) is 7. The van der Waals surface area contributed by atoms with Crippen LogP contribution >= 0.6 is 0 Å². The molecule has 1 heterocycles. The number of Topliss-reactive ketones (excluding diaryl/α,β-unsaturated/α-hetero) is 1. The van der Waals surface area contributed by atoms with Gasteiger partial charge >= 0.3 is 0 Å². The van der Waals surface area contributed by atoms with Crippen LogP contribution < -0.4 is 10.5 Å². The van der Waals surface area contributed by atoms with Gasteiger partial charge in [0.2, 0.25) is 5.91 Å². The summed E-state index contributed by atoms with van der Waals surface area (Å²) in [7, 11) is 3.54. The van der Waals surface area contributed by atoms with E-state index in [4.69, 9.17) is 10.5 Å². The van der Waals surface area contributed by atoms with Crippen molar-refractivity contribution >= 4 is 23.2 Å². The summed E-state index contributed by atoms with van der Waals surface area (Å²) in [5.74, 6) is -1.17. The lowest BCUT2D eigenvalue weighted by molar-refractivity contribution is -0.128. The lowest BCUT2D eigenvalue weighted by Gasteiger charge is -2.12. The average Bonchev–Trinajstić information content (AvgIpc) is 3.34. The van der Waals surface area contributed by atoms with Gasteiger partial charge in [0.05, 0.1) is 17.9 Å². The molecule has 2 aromatic carbocycles. The van der Waals surface area contributed by atoms with Crippen LogP contribution in [-0.4, -0.2) is 53.2 Å². The zero-order valence-corrected chi connectivity index (χ0v) is 19.0. The standard InChI is InChI=1S/C24H26N6O4/c1-30(2)29-28-19-7-3-16(4-8-19)23(32)17-5-9-22(10-6-17)34-14-21(31)12-18(24(25)33)11-20-13-26-15-27-20/h3-10,13,15,18H,11-12,14H2,1-2H3,(H2,25,33)(H,26,27). The number of carbonyl (C=O) groups excluding carboxylic acids is 3. The molecule has 0 aliphatic rings. The van der Waals surface area contributed by atoms with Gasteiger partial charge in [0, 0.05) is 50.0 Å². The van der Waals surface area contributed by atoms with Gasteiger partial charge in [-0.15, -0.1) is 5.11 Å². The third kappa shape index (κ3) is 7.09. The molecule has 3 aromatic rings. The third-order valence-electron chi connectivity index (χ3n) is 4.88. The van der Waals surface area contributed by atoms with Crippen LogP contribution in [0.5, 0.6) is 5.75 Å². The Labute approximate surface area is 196 Å². The number of H-pyrrole nitrogens is 1. The minimum absolute atomic E-state index is 0.0327. The van der Waals surface area contributed by atoms with E-state index >= 15 is 0 Å². The van der Waals surface area contributed by atoms with E-state index in [0.29, 0.717) is 29.0 Å². The summed E-state index contributed by atoms with van der Waals surface area (Å²) in [6.45, 7) is -0.205. The van der Waals surface area contributed by atoms with Gasteiger partial charge in [-0.2, -0.15) is 0 Å². The van der Waals surface area contributed by atoms with Gasteiger partial charge in [-0.1, -0.05) is 5.22 Å². The largest absolute Gasteiger partial charge is 0.486 e. The zero-order chi connectivity index (χ0) is 24.5. The topological polar surface area (TPSA) is 143 Å². The summed E-state index contributed by atoms with van der Waals surface area (Å²) in [5, 5.41) is 9.53. The molecule has 34 heavy (non-hydrogen) atoms. The highest BCUT2D eigenvalue weighted by molar-refractivity contribution is 6.09. The maximum absolute atomic E-state index is 12.7. The van der Waals surface area contributed by atoms with Crippen molar-refractivity contribution in [2.24, 2.45) is 22.0 Å². The molecule has 0 saturated carbocycles. The molecular formula is C24H26N6O4. The van der Waals surface area contributed by atoms with Gasteiger partial charge in [0.25, 0.3) is 0 Å². The van der Waals surface area contributed by atoms with E-state index in [1.165, 1.54) is 6.33 Å². The molecule has 10 heteroatoms. The Hall–Kier alpha value is -4.34. The van der Waals surface area contributed by atoms with Crippen molar-refractivity contribution in [3.8, 4) is 5.75 Å². The SMILES string of the molecule is CN(C)N=Nc1ccc(C(=O)c2ccc(OCC(=O)CC(Cc3cnc[nH]3)C(N)=O)cc2)cc1. The van der Waals surface area contributed by atoms with Crippen molar-refractivity contribution in [2.75, 3.05) is 20.7 Å². The van der Waals surface area contributed by atoms with E-state index in [2.05, 4.69) is 20.3 Å². The fourth-order valence-electron chi connectivity index (χ4n) is 3.12. The highest BCUT2D eigenvalue weighted by Crippen LogP contribution is 2.19. The second-order valence-electron chi connectivity index (χ2n) is 7.85. The first-order valence-corrected chi connectivity index (χ1v) is 10.6. The van der Waals surface area contributed by atoms with Gasteiger partial charge in [0.15, 0.2) is 11.6 Å². The van der Waals surface area contributed by atoms with Gasteiger partial charge in [0.1, 0.15) is 12.4 Å². The molecule has 176 valence electrons. The number of ether oxygens (including phenoxy) is 1. The molecule has 3 N–H and O–H groups in total. The minimum Gasteiger partial charge on any atom is -0.486 e. The fourth-order valence-corrected chi connectivity index (χ4v) is 3.12. The van der Waals surface area contributed by atoms with Crippen molar-refractivity contribution in [2.45, 2.75) is 12.8 Å². The lowest BCUT2D eigenvalue weighted by Crippen LogP contribution is -2.29. The molecule has 3 rings (SSSR count). The highest BCUT2D eigenvalue weighted by Gasteiger charge is 2.21. The first kappa shape index (κ1) is 24.3. The molecule has 1 atom stereocenters. The van der Waals surface area contributed by atoms with Gasteiger partial charge in [-0.25, -0.2) is 4.98 Å². The molecule has 0 aliphatic heterocycles. The van der Waals surface area contributed by atoms with Crippen LogP contribution in [0.3, 0.4) is 0 Å². The van der Waals surface area contributed by atoms with Crippen molar-refractivity contribution < 1.29 is 19.1 Å². The molecule has 0 aliphatic carbocycles. The van der Waals surface area contributed by atoms with Crippen molar-refractivity contribution in [1.82, 2.24) is 15.0 Å². The van der Waals surface area contributed by atoms with Crippen LogP contribution in [0.1, 0.15) is 28.0 Å². The Balaban J connectivity index is 1.53. The van der Waals surface area contributed by atoms with Gasteiger partial charge in [-0.05, 0) is 48.5 Å². The predicted octanol–water partition coefficient (Wildman–Crippen LogP) is 2.88. The first-order chi connectivity index (χ1) is 16.3. The summed E-state index contributed by atoms with van der Waals surface area (Å²) in [6.07, 6.45) is 3.36. The Bertz CT molecular complexity index is 1140. The Morgan fingerprint density at radius 3 is 2.26 bits per heavy atom. The molecule has 0 radical (unpaired) electrons. The minimum atomic E-state index is -0.646. The van der Waals surface area contributed by atoms with Crippen LogP contribution in [0.4, 0.5) is 5.69 Å². The number of amides is 1. The van der Waals surface area contributed by atoms with E-state index in [1.54, 1.807) is 73.8 Å². The third-order valence-corrected chi connectivity index (χ3v) is 4.88. The van der Waals surface area contributed by atoms with Crippen LogP contribution in [-0.2, 0) is 16.0 Å². The monoisotopic (exact) mass is 462 g/mol. The molecule has 10 nitrogen and oxygen atoms in total. The number of rotatable bonds is 12. The smallest absolute Gasteiger partial charge is 0.221 e. The van der Waals surface area contributed by atoms with Crippen LogP contribution in [0.25, 0.3) is 0 Å². The second kappa shape index (κ2) is 11.5. The number of aromatic nitrogens is 2. The maximum atomic E-state index is 12.7. The zero-order valence-electron chi connectivity index (χ0n) is 19.0. The van der Waals surface area contributed by atoms with E-state index in [-0.39, 0.29) is 24.6 Å². The van der Waals surface area contributed by atoms with E-state index in [1.807, 2.05) is 0 Å². The number of ketones is 2. The summed E-state index contributed by atoms with van der Waals surface area (Å²) < 4.78 is 5.53. The normalized spacial score (nSPS) is 11.8. The van der Waals surface area contributed by atoms with Gasteiger partial charge < -0.3 is 15.5 Å². The van der Waals surface area contributed by atoms with Crippen molar-refractivity contribution in [3.05, 3.63) is 77.9 Å². The van der Waals surface area contributed by atoms with Crippen molar-refractivity contribution in [3.63, 3.8) is 0 Å². The molecule has 1 unspecified atom stereocenters. The van der Waals surface area contributed by atoms with E-state index in [9.17, 15) is 14.4 Å². The van der Waals surface area contributed by atoms with Crippen LogP contribution in [0, 0.1) is 5.92 Å². The molecule has 0 saturated heterocycles. The summed E-state index contributed by atoms with van der Waals surface area (Å²) >= 11 is 0.